The van der Waals surface area contributed by atoms with Crippen molar-refractivity contribution in [2.75, 3.05) is 0 Å². The Bertz CT molecular complexity index is 1240. The third kappa shape index (κ3) is 5.86. The van der Waals surface area contributed by atoms with Gasteiger partial charge < -0.3 is 9.15 Å². The number of carbonyl (C=O) groups excluding carboxylic acids is 2. The maximum absolute atomic E-state index is 12.3. The minimum atomic E-state index is -3.93. The van der Waals surface area contributed by atoms with Gasteiger partial charge >= 0.3 is 5.91 Å². The summed E-state index contributed by atoms with van der Waals surface area (Å²) >= 11 is 0. The summed E-state index contributed by atoms with van der Waals surface area (Å²) < 4.78 is 37.8. The number of ether oxygens (including phenoxy) is 1. The molecule has 32 heavy (non-hydrogen) atoms. The molecular weight excluding hydrogens is 434 g/mol. The van der Waals surface area contributed by atoms with Gasteiger partial charge in [0.15, 0.2) is 11.9 Å². The highest BCUT2D eigenvalue weighted by molar-refractivity contribution is 7.89. The second-order valence-electron chi connectivity index (χ2n) is 8.19. The Morgan fingerprint density at radius 3 is 2.34 bits per heavy atom. The molecule has 170 valence electrons. The summed E-state index contributed by atoms with van der Waals surface area (Å²) in [7, 11) is -3.93. The highest BCUT2D eigenvalue weighted by atomic mass is 32.2. The Hall–Kier alpha value is -3.37. The highest BCUT2D eigenvalue weighted by Crippen LogP contribution is 2.21. The molecule has 9 nitrogen and oxygen atoms in total. The van der Waals surface area contributed by atoms with E-state index < -0.39 is 38.6 Å². The average molecular weight is 460 g/mol. The van der Waals surface area contributed by atoms with Gasteiger partial charge in [-0.15, -0.1) is 0 Å². The first kappa shape index (κ1) is 23.3. The fourth-order valence-corrected chi connectivity index (χ4v) is 4.17. The molecule has 1 aromatic heterocycles. The maximum Gasteiger partial charge on any atom is 0.305 e. The number of benzene rings is 2. The molecule has 0 bridgehead atoms. The lowest BCUT2D eigenvalue weighted by atomic mass is 10.1. The Kier molecular flexibility index (Phi) is 6.56. The van der Waals surface area contributed by atoms with Crippen LogP contribution in [0.2, 0.25) is 0 Å². The zero-order valence-electron chi connectivity index (χ0n) is 18.1. The molecule has 0 aliphatic rings. The molecule has 0 spiro atoms. The summed E-state index contributed by atoms with van der Waals surface area (Å²) in [5, 5.41) is 1.61. The Balaban J connectivity index is 1.57. The van der Waals surface area contributed by atoms with Gasteiger partial charge in [0.25, 0.3) is 15.9 Å². The number of carbonyl (C=O) groups is 2. The number of nitrogens with one attached hydrogen (secondary N) is 3. The number of sulfonamides is 1. The van der Waals surface area contributed by atoms with E-state index >= 15 is 0 Å². The van der Waals surface area contributed by atoms with Crippen LogP contribution in [0.3, 0.4) is 0 Å². The molecule has 0 aliphatic carbocycles. The van der Waals surface area contributed by atoms with Crippen LogP contribution in [0.4, 0.5) is 0 Å². The SMILES string of the molecule is CC(Oc1ccc2ccccc2c1)C(=O)NNC(=O)c1ccc(S(=O)(=O)NC(C)(C)C)o1. The van der Waals surface area contributed by atoms with Gasteiger partial charge in [-0.05, 0) is 62.7 Å². The van der Waals surface area contributed by atoms with Crippen LogP contribution >= 0.6 is 0 Å². The third-order valence-corrected chi connectivity index (χ3v) is 5.84. The van der Waals surface area contributed by atoms with Crippen LogP contribution in [0.25, 0.3) is 10.8 Å². The molecule has 10 heteroatoms. The summed E-state index contributed by atoms with van der Waals surface area (Å²) in [6.45, 7) is 6.57. The summed E-state index contributed by atoms with van der Waals surface area (Å²) in [6, 6.07) is 15.5. The van der Waals surface area contributed by atoms with Crippen LogP contribution in [-0.4, -0.2) is 31.9 Å². The van der Waals surface area contributed by atoms with E-state index in [0.29, 0.717) is 5.75 Å². The van der Waals surface area contributed by atoms with Crippen molar-refractivity contribution in [1.29, 1.82) is 0 Å². The smallest absolute Gasteiger partial charge is 0.305 e. The van der Waals surface area contributed by atoms with Crippen molar-refractivity contribution in [3.8, 4) is 5.75 Å². The zero-order valence-corrected chi connectivity index (χ0v) is 18.9. The molecule has 3 N–H and O–H groups in total. The molecule has 0 saturated heterocycles. The number of fused-ring (bicyclic) bond motifs is 1. The quantitative estimate of drug-likeness (QED) is 0.487. The normalized spacial score (nSPS) is 12.9. The van der Waals surface area contributed by atoms with E-state index in [1.54, 1.807) is 26.8 Å². The summed E-state index contributed by atoms with van der Waals surface area (Å²) in [6.07, 6.45) is -0.903. The lowest BCUT2D eigenvalue weighted by Gasteiger charge is -2.19. The number of hydrazine groups is 1. The van der Waals surface area contributed by atoms with Crippen molar-refractivity contribution in [3.05, 3.63) is 60.4 Å². The summed E-state index contributed by atoms with van der Waals surface area (Å²) in [4.78, 5) is 24.5. The average Bonchev–Trinajstić information content (AvgIpc) is 3.21. The number of hydrogen-bond acceptors (Lipinski definition) is 6. The molecule has 1 heterocycles. The lowest BCUT2D eigenvalue weighted by molar-refractivity contribution is -0.128. The van der Waals surface area contributed by atoms with Crippen molar-refractivity contribution in [3.63, 3.8) is 0 Å². The first-order chi connectivity index (χ1) is 14.9. The van der Waals surface area contributed by atoms with Crippen LogP contribution in [0.5, 0.6) is 5.75 Å². The van der Waals surface area contributed by atoms with Crippen LogP contribution < -0.4 is 20.3 Å². The van der Waals surface area contributed by atoms with Gasteiger partial charge in [0.2, 0.25) is 5.09 Å². The third-order valence-electron chi connectivity index (χ3n) is 4.21. The molecule has 1 atom stereocenters. The van der Waals surface area contributed by atoms with Gasteiger partial charge in [0, 0.05) is 5.54 Å². The van der Waals surface area contributed by atoms with E-state index in [9.17, 15) is 18.0 Å². The fraction of sp³-hybridized carbons (Fsp3) is 0.273. The van der Waals surface area contributed by atoms with Gasteiger partial charge in [0.1, 0.15) is 5.75 Å². The molecule has 0 radical (unpaired) electrons. The number of amides is 2. The van der Waals surface area contributed by atoms with Crippen LogP contribution in [-0.2, 0) is 14.8 Å². The molecule has 3 rings (SSSR count). The minimum absolute atomic E-state index is 0.275. The standard InChI is InChI=1S/C22H25N3O6S/c1-14(30-17-10-9-15-7-5-6-8-16(15)13-17)20(26)23-24-21(27)18-11-12-19(31-18)32(28,29)25-22(2,3)4/h5-14,25H,1-4H3,(H,23,26)(H,24,27). The first-order valence-electron chi connectivity index (χ1n) is 9.84. The van der Waals surface area contributed by atoms with Crippen molar-refractivity contribution < 1.29 is 27.2 Å². The van der Waals surface area contributed by atoms with Gasteiger partial charge in [-0.2, -0.15) is 0 Å². The van der Waals surface area contributed by atoms with Crippen molar-refractivity contribution in [2.24, 2.45) is 0 Å². The monoisotopic (exact) mass is 459 g/mol. The zero-order chi connectivity index (χ0) is 23.5. The molecule has 0 aliphatic heterocycles. The Morgan fingerprint density at radius 2 is 1.66 bits per heavy atom. The topological polar surface area (TPSA) is 127 Å². The molecule has 0 saturated carbocycles. The Morgan fingerprint density at radius 1 is 0.969 bits per heavy atom. The molecule has 3 aromatic rings. The summed E-state index contributed by atoms with van der Waals surface area (Å²) in [5.74, 6) is -1.18. The van der Waals surface area contributed by atoms with Crippen molar-refractivity contribution >= 4 is 32.6 Å². The van der Waals surface area contributed by atoms with E-state index in [0.717, 1.165) is 16.8 Å². The van der Waals surface area contributed by atoms with Crippen LogP contribution in [0, 0.1) is 0 Å². The predicted octanol–water partition coefficient (Wildman–Crippen LogP) is 2.74. The second kappa shape index (κ2) is 9.01. The predicted molar refractivity (Wildman–Crippen MR) is 118 cm³/mol. The van der Waals surface area contributed by atoms with E-state index in [1.165, 1.54) is 13.0 Å². The van der Waals surface area contributed by atoms with Crippen molar-refractivity contribution in [2.45, 2.75) is 44.4 Å². The van der Waals surface area contributed by atoms with Crippen LogP contribution in [0.15, 0.2) is 64.1 Å². The largest absolute Gasteiger partial charge is 0.481 e. The molecular formula is C22H25N3O6S. The fourth-order valence-electron chi connectivity index (χ4n) is 2.82. The molecule has 1 unspecified atom stereocenters. The van der Waals surface area contributed by atoms with Crippen LogP contribution in [0.1, 0.15) is 38.2 Å². The number of furan rings is 1. The maximum atomic E-state index is 12.3. The van der Waals surface area contributed by atoms with E-state index in [1.807, 2.05) is 36.4 Å². The van der Waals surface area contributed by atoms with Gasteiger partial charge in [-0.25, -0.2) is 13.1 Å². The van der Waals surface area contributed by atoms with Gasteiger partial charge in [-0.3, -0.25) is 20.4 Å². The van der Waals surface area contributed by atoms with E-state index in [4.69, 9.17) is 9.15 Å². The molecule has 0 fully saturated rings. The second-order valence-corrected chi connectivity index (χ2v) is 9.80. The number of rotatable bonds is 6. The van der Waals surface area contributed by atoms with Gasteiger partial charge in [0.05, 0.1) is 0 Å². The number of hydrogen-bond donors (Lipinski definition) is 3. The molecule has 2 aromatic carbocycles. The lowest BCUT2D eigenvalue weighted by Crippen LogP contribution is -2.47. The van der Waals surface area contributed by atoms with Crippen molar-refractivity contribution in [1.82, 2.24) is 15.6 Å². The first-order valence-corrected chi connectivity index (χ1v) is 11.3. The Labute approximate surface area is 186 Å². The van der Waals surface area contributed by atoms with E-state index in [-0.39, 0.29) is 5.76 Å². The molecule has 2 amide bonds. The minimum Gasteiger partial charge on any atom is -0.481 e. The summed E-state index contributed by atoms with van der Waals surface area (Å²) in [5.41, 5.74) is 3.70. The van der Waals surface area contributed by atoms with E-state index in [2.05, 4.69) is 15.6 Å². The highest BCUT2D eigenvalue weighted by Gasteiger charge is 2.26. The van der Waals surface area contributed by atoms with Gasteiger partial charge in [-0.1, -0.05) is 30.3 Å².